The van der Waals surface area contributed by atoms with Crippen LogP contribution < -0.4 is 0 Å². The van der Waals surface area contributed by atoms with Crippen LogP contribution in [0.1, 0.15) is 17.2 Å². The van der Waals surface area contributed by atoms with Crippen molar-refractivity contribution in [3.05, 3.63) is 35.4 Å². The molecule has 2 rings (SSSR count). The average molecular weight is 177 g/mol. The summed E-state index contributed by atoms with van der Waals surface area (Å²) in [7, 11) is 4.03. The SMILES string of the molecule is CN(C)[C@@H]1Cc2ccccc2[C@H]1O. The van der Waals surface area contributed by atoms with Crippen LogP contribution in [0, 0.1) is 0 Å². The van der Waals surface area contributed by atoms with Gasteiger partial charge in [0.15, 0.2) is 0 Å². The molecule has 70 valence electrons. The van der Waals surface area contributed by atoms with E-state index >= 15 is 0 Å². The number of rotatable bonds is 1. The Morgan fingerprint density at radius 3 is 2.62 bits per heavy atom. The Hall–Kier alpha value is -0.860. The molecule has 2 nitrogen and oxygen atoms in total. The quantitative estimate of drug-likeness (QED) is 0.697. The topological polar surface area (TPSA) is 23.5 Å². The molecule has 1 aliphatic rings. The molecule has 0 spiro atoms. The van der Waals surface area contributed by atoms with E-state index in [0.29, 0.717) is 0 Å². The first-order chi connectivity index (χ1) is 6.20. The molecule has 0 radical (unpaired) electrons. The van der Waals surface area contributed by atoms with E-state index in [2.05, 4.69) is 11.0 Å². The predicted octanol–water partition coefficient (Wildman–Crippen LogP) is 1.21. The van der Waals surface area contributed by atoms with Crippen molar-refractivity contribution in [2.24, 2.45) is 0 Å². The van der Waals surface area contributed by atoms with Gasteiger partial charge < -0.3 is 10.0 Å². The van der Waals surface area contributed by atoms with Gasteiger partial charge in [0, 0.05) is 6.04 Å². The number of hydrogen-bond donors (Lipinski definition) is 1. The molecule has 2 atom stereocenters. The first kappa shape index (κ1) is 8.73. The van der Waals surface area contributed by atoms with E-state index in [1.165, 1.54) is 5.56 Å². The van der Waals surface area contributed by atoms with Crippen molar-refractivity contribution >= 4 is 0 Å². The van der Waals surface area contributed by atoms with Crippen LogP contribution in [0.15, 0.2) is 24.3 Å². The smallest absolute Gasteiger partial charge is 0.0950 e. The summed E-state index contributed by atoms with van der Waals surface area (Å²) in [5.74, 6) is 0. The fourth-order valence-corrected chi connectivity index (χ4v) is 2.02. The number of aliphatic hydroxyl groups excluding tert-OH is 1. The molecule has 0 fully saturated rings. The minimum absolute atomic E-state index is 0.248. The molecule has 0 saturated carbocycles. The van der Waals surface area contributed by atoms with Gasteiger partial charge in [-0.05, 0) is 31.6 Å². The molecule has 0 aromatic heterocycles. The van der Waals surface area contributed by atoms with Gasteiger partial charge in [0.1, 0.15) is 0 Å². The maximum absolute atomic E-state index is 9.97. The highest BCUT2D eigenvalue weighted by atomic mass is 16.3. The minimum atomic E-state index is -0.314. The van der Waals surface area contributed by atoms with Crippen molar-refractivity contribution in [3.63, 3.8) is 0 Å². The monoisotopic (exact) mass is 177 g/mol. The largest absolute Gasteiger partial charge is 0.387 e. The van der Waals surface area contributed by atoms with Crippen LogP contribution in [-0.4, -0.2) is 30.1 Å². The third-order valence-electron chi connectivity index (χ3n) is 2.83. The summed E-state index contributed by atoms with van der Waals surface area (Å²) in [5, 5.41) is 9.97. The Balaban J connectivity index is 2.32. The van der Waals surface area contributed by atoms with Crippen molar-refractivity contribution in [1.29, 1.82) is 0 Å². The summed E-state index contributed by atoms with van der Waals surface area (Å²) in [6.45, 7) is 0. The van der Waals surface area contributed by atoms with Crippen LogP contribution in [0.5, 0.6) is 0 Å². The number of nitrogens with zero attached hydrogens (tertiary/aromatic N) is 1. The third-order valence-corrected chi connectivity index (χ3v) is 2.83. The fraction of sp³-hybridized carbons (Fsp3) is 0.455. The first-order valence-corrected chi connectivity index (χ1v) is 4.62. The van der Waals surface area contributed by atoms with Crippen LogP contribution in [-0.2, 0) is 6.42 Å². The summed E-state index contributed by atoms with van der Waals surface area (Å²) in [5.41, 5.74) is 2.38. The normalized spacial score (nSPS) is 26.5. The molecular weight excluding hydrogens is 162 g/mol. The van der Waals surface area contributed by atoms with E-state index in [9.17, 15) is 5.11 Å². The standard InChI is InChI=1S/C11H15NO/c1-12(2)10-7-8-5-3-4-6-9(8)11(10)13/h3-6,10-11,13H,7H2,1-2H3/t10-,11-/m1/s1. The summed E-state index contributed by atoms with van der Waals surface area (Å²) < 4.78 is 0. The van der Waals surface area contributed by atoms with Crippen LogP contribution in [0.3, 0.4) is 0 Å². The van der Waals surface area contributed by atoms with Gasteiger partial charge in [0.25, 0.3) is 0 Å². The molecule has 0 heterocycles. The van der Waals surface area contributed by atoms with Crippen molar-refractivity contribution in [2.45, 2.75) is 18.6 Å². The van der Waals surface area contributed by atoms with E-state index in [1.807, 2.05) is 32.3 Å². The molecule has 2 heteroatoms. The second kappa shape index (κ2) is 3.13. The van der Waals surface area contributed by atoms with Crippen molar-refractivity contribution in [2.75, 3.05) is 14.1 Å². The highest BCUT2D eigenvalue weighted by Crippen LogP contribution is 2.32. The van der Waals surface area contributed by atoms with Gasteiger partial charge in [-0.15, -0.1) is 0 Å². The molecule has 1 N–H and O–H groups in total. The summed E-state index contributed by atoms with van der Waals surface area (Å²) >= 11 is 0. The Labute approximate surface area is 78.8 Å². The van der Waals surface area contributed by atoms with E-state index in [1.54, 1.807) is 0 Å². The number of aliphatic hydroxyl groups is 1. The molecular formula is C11H15NO. The molecule has 0 saturated heterocycles. The second-order valence-corrected chi connectivity index (χ2v) is 3.88. The highest BCUT2D eigenvalue weighted by Gasteiger charge is 2.31. The van der Waals surface area contributed by atoms with Gasteiger partial charge in [0.05, 0.1) is 6.10 Å². The van der Waals surface area contributed by atoms with Gasteiger partial charge in [-0.2, -0.15) is 0 Å². The van der Waals surface area contributed by atoms with E-state index in [4.69, 9.17) is 0 Å². The van der Waals surface area contributed by atoms with Crippen LogP contribution in [0.4, 0.5) is 0 Å². The summed E-state index contributed by atoms with van der Waals surface area (Å²) in [4.78, 5) is 2.09. The van der Waals surface area contributed by atoms with E-state index in [-0.39, 0.29) is 12.1 Å². The zero-order valence-corrected chi connectivity index (χ0v) is 8.07. The molecule has 1 aromatic rings. The van der Waals surface area contributed by atoms with E-state index in [0.717, 1.165) is 12.0 Å². The molecule has 0 aliphatic heterocycles. The Morgan fingerprint density at radius 2 is 2.00 bits per heavy atom. The Morgan fingerprint density at radius 1 is 1.31 bits per heavy atom. The average Bonchev–Trinajstić information content (AvgIpc) is 2.45. The fourth-order valence-electron chi connectivity index (χ4n) is 2.02. The molecule has 0 unspecified atom stereocenters. The number of benzene rings is 1. The van der Waals surface area contributed by atoms with Gasteiger partial charge in [0.2, 0.25) is 0 Å². The summed E-state index contributed by atoms with van der Waals surface area (Å²) in [6.07, 6.45) is 0.649. The lowest BCUT2D eigenvalue weighted by molar-refractivity contribution is 0.0899. The highest BCUT2D eigenvalue weighted by molar-refractivity contribution is 5.35. The predicted molar refractivity (Wildman–Crippen MR) is 52.6 cm³/mol. The zero-order valence-electron chi connectivity index (χ0n) is 8.07. The molecule has 1 aliphatic carbocycles. The van der Waals surface area contributed by atoms with Gasteiger partial charge >= 0.3 is 0 Å². The molecule has 13 heavy (non-hydrogen) atoms. The summed E-state index contributed by atoms with van der Waals surface area (Å²) in [6, 6.07) is 8.38. The van der Waals surface area contributed by atoms with Crippen molar-refractivity contribution < 1.29 is 5.11 Å². The number of hydrogen-bond acceptors (Lipinski definition) is 2. The lowest BCUT2D eigenvalue weighted by atomic mass is 10.1. The Bertz CT molecular complexity index is 309. The molecule has 1 aromatic carbocycles. The van der Waals surface area contributed by atoms with Crippen molar-refractivity contribution in [1.82, 2.24) is 4.90 Å². The first-order valence-electron chi connectivity index (χ1n) is 4.62. The lowest BCUT2D eigenvalue weighted by Crippen LogP contribution is -2.31. The number of fused-ring (bicyclic) bond motifs is 1. The maximum atomic E-state index is 9.97. The van der Waals surface area contributed by atoms with E-state index < -0.39 is 0 Å². The van der Waals surface area contributed by atoms with Crippen molar-refractivity contribution in [3.8, 4) is 0 Å². The van der Waals surface area contributed by atoms with Gasteiger partial charge in [-0.3, -0.25) is 0 Å². The zero-order chi connectivity index (χ0) is 9.42. The van der Waals surface area contributed by atoms with Gasteiger partial charge in [-0.25, -0.2) is 0 Å². The third kappa shape index (κ3) is 1.36. The lowest BCUT2D eigenvalue weighted by Gasteiger charge is -2.22. The molecule has 0 bridgehead atoms. The number of likely N-dealkylation sites (N-methyl/N-ethyl adjacent to an activating group) is 1. The molecule has 0 amide bonds. The van der Waals surface area contributed by atoms with Crippen LogP contribution in [0.2, 0.25) is 0 Å². The maximum Gasteiger partial charge on any atom is 0.0950 e. The van der Waals surface area contributed by atoms with Gasteiger partial charge in [-0.1, -0.05) is 24.3 Å². The Kier molecular flexibility index (Phi) is 2.10. The minimum Gasteiger partial charge on any atom is -0.387 e. The van der Waals surface area contributed by atoms with Crippen LogP contribution >= 0.6 is 0 Å². The van der Waals surface area contributed by atoms with Crippen LogP contribution in [0.25, 0.3) is 0 Å². The second-order valence-electron chi connectivity index (χ2n) is 3.88.